The van der Waals surface area contributed by atoms with Crippen LogP contribution in [-0.2, 0) is 4.79 Å². The molecule has 12 heavy (non-hydrogen) atoms. The SMILES string of the molecule is C=CC[C@H](C)C(C)(C)C(=O)CC. The second kappa shape index (κ2) is 4.44. The van der Waals surface area contributed by atoms with Gasteiger partial charge in [-0.3, -0.25) is 4.79 Å². The summed E-state index contributed by atoms with van der Waals surface area (Å²) >= 11 is 0. The average molecular weight is 168 g/mol. The second-order valence-electron chi connectivity index (χ2n) is 3.92. The van der Waals surface area contributed by atoms with Crippen molar-refractivity contribution in [2.24, 2.45) is 11.3 Å². The van der Waals surface area contributed by atoms with Gasteiger partial charge in [-0.15, -0.1) is 6.58 Å². The largest absolute Gasteiger partial charge is 0.299 e. The van der Waals surface area contributed by atoms with Crippen LogP contribution in [0.2, 0.25) is 0 Å². The normalized spacial score (nSPS) is 14.0. The molecule has 0 aliphatic heterocycles. The summed E-state index contributed by atoms with van der Waals surface area (Å²) in [5.41, 5.74) is -0.192. The van der Waals surface area contributed by atoms with Gasteiger partial charge in [0.15, 0.2) is 0 Å². The Morgan fingerprint density at radius 3 is 2.42 bits per heavy atom. The molecule has 0 radical (unpaired) electrons. The minimum atomic E-state index is -0.192. The van der Waals surface area contributed by atoms with E-state index in [9.17, 15) is 4.79 Å². The van der Waals surface area contributed by atoms with E-state index in [0.29, 0.717) is 18.1 Å². The summed E-state index contributed by atoms with van der Waals surface area (Å²) in [5, 5.41) is 0. The third-order valence-electron chi connectivity index (χ3n) is 2.79. The van der Waals surface area contributed by atoms with Crippen LogP contribution in [0.15, 0.2) is 12.7 Å². The van der Waals surface area contributed by atoms with Gasteiger partial charge in [-0.25, -0.2) is 0 Å². The van der Waals surface area contributed by atoms with E-state index < -0.39 is 0 Å². The quantitative estimate of drug-likeness (QED) is 0.576. The molecule has 70 valence electrons. The number of rotatable bonds is 5. The number of hydrogen-bond acceptors (Lipinski definition) is 1. The van der Waals surface area contributed by atoms with Gasteiger partial charge in [0, 0.05) is 11.8 Å². The molecular weight excluding hydrogens is 148 g/mol. The lowest BCUT2D eigenvalue weighted by atomic mass is 9.74. The lowest BCUT2D eigenvalue weighted by molar-refractivity contribution is -0.129. The monoisotopic (exact) mass is 168 g/mol. The fourth-order valence-electron chi connectivity index (χ4n) is 1.28. The molecule has 0 heterocycles. The van der Waals surface area contributed by atoms with Crippen LogP contribution in [-0.4, -0.2) is 5.78 Å². The van der Waals surface area contributed by atoms with Gasteiger partial charge >= 0.3 is 0 Å². The Labute approximate surface area is 75.9 Å². The molecule has 1 nitrogen and oxygen atoms in total. The summed E-state index contributed by atoms with van der Waals surface area (Å²) in [6, 6.07) is 0. The van der Waals surface area contributed by atoms with E-state index >= 15 is 0 Å². The molecule has 0 aromatic heterocycles. The first-order valence-corrected chi connectivity index (χ1v) is 4.61. The first-order valence-electron chi connectivity index (χ1n) is 4.61. The van der Waals surface area contributed by atoms with Crippen LogP contribution < -0.4 is 0 Å². The van der Waals surface area contributed by atoms with Gasteiger partial charge in [0.05, 0.1) is 0 Å². The highest BCUT2D eigenvalue weighted by atomic mass is 16.1. The molecule has 0 aromatic carbocycles. The van der Waals surface area contributed by atoms with Crippen molar-refractivity contribution in [1.29, 1.82) is 0 Å². The highest BCUT2D eigenvalue weighted by Gasteiger charge is 2.31. The summed E-state index contributed by atoms with van der Waals surface area (Å²) < 4.78 is 0. The molecule has 0 unspecified atom stereocenters. The molecule has 0 amide bonds. The van der Waals surface area contributed by atoms with Crippen molar-refractivity contribution in [1.82, 2.24) is 0 Å². The Kier molecular flexibility index (Phi) is 4.22. The van der Waals surface area contributed by atoms with Crippen molar-refractivity contribution in [3.8, 4) is 0 Å². The van der Waals surface area contributed by atoms with E-state index in [1.165, 1.54) is 0 Å². The third kappa shape index (κ3) is 2.47. The molecule has 0 spiro atoms. The van der Waals surface area contributed by atoms with Gasteiger partial charge in [0.2, 0.25) is 0 Å². The van der Waals surface area contributed by atoms with Crippen molar-refractivity contribution in [3.63, 3.8) is 0 Å². The molecule has 1 atom stereocenters. The first-order chi connectivity index (χ1) is 5.46. The van der Waals surface area contributed by atoms with Crippen molar-refractivity contribution in [3.05, 3.63) is 12.7 Å². The molecular formula is C11H20O. The van der Waals surface area contributed by atoms with Crippen LogP contribution in [0.5, 0.6) is 0 Å². The lowest BCUT2D eigenvalue weighted by Crippen LogP contribution is -2.30. The van der Waals surface area contributed by atoms with Crippen LogP contribution >= 0.6 is 0 Å². The summed E-state index contributed by atoms with van der Waals surface area (Å²) in [6.07, 6.45) is 3.43. The summed E-state index contributed by atoms with van der Waals surface area (Å²) in [6.45, 7) is 11.8. The summed E-state index contributed by atoms with van der Waals surface area (Å²) in [4.78, 5) is 11.5. The Balaban J connectivity index is 4.36. The highest BCUT2D eigenvalue weighted by Crippen LogP contribution is 2.31. The van der Waals surface area contributed by atoms with Gasteiger partial charge in [-0.2, -0.15) is 0 Å². The third-order valence-corrected chi connectivity index (χ3v) is 2.79. The number of carbonyl (C=O) groups excluding carboxylic acids is 1. The van der Waals surface area contributed by atoms with E-state index in [-0.39, 0.29) is 5.41 Å². The maximum Gasteiger partial charge on any atom is 0.138 e. The zero-order valence-electron chi connectivity index (χ0n) is 8.68. The average Bonchev–Trinajstić information content (AvgIpc) is 2.03. The van der Waals surface area contributed by atoms with Gasteiger partial charge < -0.3 is 0 Å². The van der Waals surface area contributed by atoms with E-state index in [1.54, 1.807) is 0 Å². The first kappa shape index (κ1) is 11.4. The predicted octanol–water partition coefficient (Wildman–Crippen LogP) is 3.20. The minimum Gasteiger partial charge on any atom is -0.299 e. The van der Waals surface area contributed by atoms with Crippen molar-refractivity contribution >= 4 is 5.78 Å². The molecule has 0 aliphatic rings. The van der Waals surface area contributed by atoms with E-state index in [2.05, 4.69) is 13.5 Å². The Bertz CT molecular complexity index is 168. The van der Waals surface area contributed by atoms with E-state index in [1.807, 2.05) is 26.8 Å². The molecule has 0 bridgehead atoms. The number of hydrogen-bond donors (Lipinski definition) is 0. The standard InChI is InChI=1S/C11H20O/c1-6-8-9(3)11(4,5)10(12)7-2/h6,9H,1,7-8H2,2-5H3/t9-/m0/s1. The number of allylic oxidation sites excluding steroid dienone is 1. The van der Waals surface area contributed by atoms with Crippen LogP contribution in [0.3, 0.4) is 0 Å². The molecule has 0 saturated carbocycles. The van der Waals surface area contributed by atoms with E-state index in [4.69, 9.17) is 0 Å². The Hall–Kier alpha value is -0.590. The molecule has 0 fully saturated rings. The summed E-state index contributed by atoms with van der Waals surface area (Å²) in [5.74, 6) is 0.735. The van der Waals surface area contributed by atoms with Crippen LogP contribution in [0, 0.1) is 11.3 Å². The fraction of sp³-hybridized carbons (Fsp3) is 0.727. The maximum atomic E-state index is 11.5. The Morgan fingerprint density at radius 1 is 1.58 bits per heavy atom. The minimum absolute atomic E-state index is 0.192. The van der Waals surface area contributed by atoms with Crippen LogP contribution in [0.4, 0.5) is 0 Å². The van der Waals surface area contributed by atoms with Gasteiger partial charge in [-0.05, 0) is 12.3 Å². The second-order valence-corrected chi connectivity index (χ2v) is 3.92. The van der Waals surface area contributed by atoms with Crippen molar-refractivity contribution in [2.75, 3.05) is 0 Å². The maximum absolute atomic E-state index is 11.5. The lowest BCUT2D eigenvalue weighted by Gasteiger charge is -2.29. The molecule has 0 aromatic rings. The van der Waals surface area contributed by atoms with Crippen molar-refractivity contribution < 1.29 is 4.79 Å². The molecule has 0 N–H and O–H groups in total. The van der Waals surface area contributed by atoms with Crippen LogP contribution in [0.25, 0.3) is 0 Å². The van der Waals surface area contributed by atoms with Gasteiger partial charge in [-0.1, -0.05) is 33.8 Å². The number of carbonyl (C=O) groups is 1. The molecule has 0 rings (SSSR count). The molecule has 0 aliphatic carbocycles. The molecule has 1 heteroatoms. The van der Waals surface area contributed by atoms with Gasteiger partial charge in [0.1, 0.15) is 5.78 Å². The smallest absolute Gasteiger partial charge is 0.138 e. The molecule has 0 saturated heterocycles. The predicted molar refractivity (Wildman–Crippen MR) is 53.1 cm³/mol. The van der Waals surface area contributed by atoms with Crippen LogP contribution in [0.1, 0.15) is 40.5 Å². The van der Waals surface area contributed by atoms with Gasteiger partial charge in [0.25, 0.3) is 0 Å². The van der Waals surface area contributed by atoms with E-state index in [0.717, 1.165) is 6.42 Å². The Morgan fingerprint density at radius 2 is 2.08 bits per heavy atom. The van der Waals surface area contributed by atoms with Crippen molar-refractivity contribution in [2.45, 2.75) is 40.5 Å². The highest BCUT2D eigenvalue weighted by molar-refractivity contribution is 5.84. The fourth-order valence-corrected chi connectivity index (χ4v) is 1.28. The zero-order chi connectivity index (χ0) is 9.78. The topological polar surface area (TPSA) is 17.1 Å². The number of Topliss-reactive ketones (excluding diaryl/α,β-unsaturated/α-hetero) is 1. The number of ketones is 1. The zero-order valence-corrected chi connectivity index (χ0v) is 8.68. The summed E-state index contributed by atoms with van der Waals surface area (Å²) in [7, 11) is 0.